The molecular weight excluding hydrogens is 376 g/mol. The summed E-state index contributed by atoms with van der Waals surface area (Å²) in [5.41, 5.74) is -1.90. The van der Waals surface area contributed by atoms with Gasteiger partial charge in [-0.05, 0) is 12.0 Å². The highest BCUT2D eigenvalue weighted by Gasteiger charge is 2.71. The van der Waals surface area contributed by atoms with E-state index in [-0.39, 0.29) is 24.4 Å². The smallest absolute Gasteiger partial charge is 0.303 e. The Labute approximate surface area is 169 Å². The molecule has 3 saturated heterocycles. The van der Waals surface area contributed by atoms with Gasteiger partial charge < -0.3 is 24.1 Å². The summed E-state index contributed by atoms with van der Waals surface area (Å²) in [4.78, 5) is 25.4. The zero-order valence-electron chi connectivity index (χ0n) is 16.6. The summed E-state index contributed by atoms with van der Waals surface area (Å²) < 4.78 is 24.0. The van der Waals surface area contributed by atoms with Crippen LogP contribution >= 0.6 is 0 Å². The second kappa shape index (κ2) is 6.35. The number of carbonyl (C=O) groups excluding carboxylic acids is 2. The summed E-state index contributed by atoms with van der Waals surface area (Å²) in [5.74, 6) is -2.52. The van der Waals surface area contributed by atoms with Gasteiger partial charge in [0.15, 0.2) is 5.78 Å². The van der Waals surface area contributed by atoms with Crippen LogP contribution in [0, 0.1) is 5.92 Å². The van der Waals surface area contributed by atoms with Crippen molar-refractivity contribution in [1.29, 1.82) is 0 Å². The van der Waals surface area contributed by atoms with Crippen LogP contribution in [-0.2, 0) is 28.5 Å². The molecule has 6 rings (SSSR count). The van der Waals surface area contributed by atoms with E-state index >= 15 is 0 Å². The first-order chi connectivity index (χ1) is 13.8. The summed E-state index contributed by atoms with van der Waals surface area (Å²) in [5, 5.41) is 11.4. The van der Waals surface area contributed by atoms with Gasteiger partial charge in [-0.2, -0.15) is 0 Å². The fourth-order valence-electron chi connectivity index (χ4n) is 6.16. The quantitative estimate of drug-likeness (QED) is 0.774. The molecular formula is C22H26O7. The standard InChI is InChI=1S/C22H26O7/c1-13(23)26-22(19(25)14-6-4-3-5-7-14)17(8-9-18(22)24)21-11-15-10-16(12-21)28-20(2,27-15)29-21/h3-7,15-17,19,25H,8-12H2,1-2H3/t15?,16?,17-,19+,20?,21?,22+/m0/s1. The van der Waals surface area contributed by atoms with Crippen molar-refractivity contribution in [2.24, 2.45) is 5.92 Å². The lowest BCUT2D eigenvalue weighted by Gasteiger charge is -2.62. The van der Waals surface area contributed by atoms with Crippen LogP contribution in [0.25, 0.3) is 0 Å². The normalized spacial score (nSPS) is 44.1. The van der Waals surface area contributed by atoms with Crippen molar-refractivity contribution in [1.82, 2.24) is 0 Å². The average molecular weight is 402 g/mol. The van der Waals surface area contributed by atoms with Crippen LogP contribution in [0.4, 0.5) is 0 Å². The zero-order valence-corrected chi connectivity index (χ0v) is 16.6. The van der Waals surface area contributed by atoms with Gasteiger partial charge in [0.25, 0.3) is 5.97 Å². The van der Waals surface area contributed by atoms with Crippen molar-refractivity contribution < 1.29 is 33.6 Å². The third-order valence-corrected chi connectivity index (χ3v) is 6.91. The van der Waals surface area contributed by atoms with E-state index < -0.39 is 35.2 Å². The fourth-order valence-corrected chi connectivity index (χ4v) is 6.16. The van der Waals surface area contributed by atoms with Gasteiger partial charge in [-0.1, -0.05) is 30.3 Å². The van der Waals surface area contributed by atoms with Gasteiger partial charge in [0.05, 0.1) is 17.8 Å². The van der Waals surface area contributed by atoms with E-state index in [1.807, 2.05) is 6.07 Å². The molecule has 1 N–H and O–H groups in total. The number of rotatable bonds is 4. The highest BCUT2D eigenvalue weighted by molar-refractivity contribution is 5.93. The van der Waals surface area contributed by atoms with Gasteiger partial charge in [-0.15, -0.1) is 0 Å². The molecule has 1 aromatic rings. The van der Waals surface area contributed by atoms with Gasteiger partial charge in [-0.3, -0.25) is 9.59 Å². The summed E-state index contributed by atoms with van der Waals surface area (Å²) in [6.45, 7) is 3.02. The maximum absolute atomic E-state index is 13.3. The van der Waals surface area contributed by atoms with Crippen LogP contribution in [0.3, 0.4) is 0 Å². The molecule has 0 aromatic heterocycles. The molecule has 5 fully saturated rings. The lowest BCUT2D eigenvalue weighted by Crippen LogP contribution is -2.71. The highest BCUT2D eigenvalue weighted by Crippen LogP contribution is 2.60. The van der Waals surface area contributed by atoms with Gasteiger partial charge in [0.2, 0.25) is 5.60 Å². The first-order valence-corrected chi connectivity index (χ1v) is 10.3. The first-order valence-electron chi connectivity index (χ1n) is 10.3. The van der Waals surface area contributed by atoms with Crippen molar-refractivity contribution in [3.8, 4) is 0 Å². The average Bonchev–Trinajstić information content (AvgIpc) is 2.97. The summed E-state index contributed by atoms with van der Waals surface area (Å²) in [6, 6.07) is 8.90. The van der Waals surface area contributed by atoms with E-state index in [1.54, 1.807) is 31.2 Å². The number of hydrogen-bond donors (Lipinski definition) is 1. The summed E-state index contributed by atoms with van der Waals surface area (Å²) in [7, 11) is 0. The minimum absolute atomic E-state index is 0.0409. The summed E-state index contributed by atoms with van der Waals surface area (Å²) >= 11 is 0. The van der Waals surface area contributed by atoms with Crippen LogP contribution < -0.4 is 0 Å². The van der Waals surface area contributed by atoms with E-state index in [1.165, 1.54) is 6.92 Å². The Kier molecular flexibility index (Phi) is 4.20. The molecule has 0 radical (unpaired) electrons. The van der Waals surface area contributed by atoms with E-state index in [4.69, 9.17) is 18.9 Å². The lowest BCUT2D eigenvalue weighted by molar-refractivity contribution is -0.517. The molecule has 156 valence electrons. The predicted molar refractivity (Wildman–Crippen MR) is 99.4 cm³/mol. The van der Waals surface area contributed by atoms with Crippen molar-refractivity contribution in [2.45, 2.75) is 81.4 Å². The monoisotopic (exact) mass is 402 g/mol. The molecule has 0 amide bonds. The lowest BCUT2D eigenvalue weighted by atomic mass is 9.64. The van der Waals surface area contributed by atoms with E-state index in [2.05, 4.69) is 0 Å². The SMILES string of the molecule is CC(=O)O[C@@]1([C@H](O)c2ccccc2)C(=O)CC[C@H]1C12CC3CC(C1)OC(C)(O3)O2. The van der Waals surface area contributed by atoms with Gasteiger partial charge >= 0.3 is 5.97 Å². The van der Waals surface area contributed by atoms with E-state index in [9.17, 15) is 14.7 Å². The summed E-state index contributed by atoms with van der Waals surface area (Å²) in [6.07, 6.45) is 1.30. The number of aliphatic hydroxyl groups excluding tert-OH is 1. The first kappa shape index (κ1) is 19.2. The molecule has 3 aliphatic heterocycles. The van der Waals surface area contributed by atoms with E-state index in [0.717, 1.165) is 6.42 Å². The molecule has 2 unspecified atom stereocenters. The third kappa shape index (κ3) is 2.79. The van der Waals surface area contributed by atoms with Crippen LogP contribution in [0.2, 0.25) is 0 Å². The molecule has 0 spiro atoms. The van der Waals surface area contributed by atoms with Crippen molar-refractivity contribution in [3.05, 3.63) is 35.9 Å². The molecule has 7 nitrogen and oxygen atoms in total. The number of ether oxygens (including phenoxy) is 4. The second-order valence-corrected chi connectivity index (χ2v) is 8.87. The maximum atomic E-state index is 13.3. The Morgan fingerprint density at radius 1 is 1.21 bits per heavy atom. The number of aliphatic hydroxyl groups is 1. The molecule has 4 bridgehead atoms. The van der Waals surface area contributed by atoms with Crippen molar-refractivity contribution in [3.63, 3.8) is 0 Å². The number of benzene rings is 1. The number of ketones is 1. The van der Waals surface area contributed by atoms with Crippen molar-refractivity contribution in [2.75, 3.05) is 0 Å². The Balaban J connectivity index is 1.61. The minimum atomic E-state index is -1.69. The second-order valence-electron chi connectivity index (χ2n) is 8.87. The zero-order chi connectivity index (χ0) is 20.4. The molecule has 2 saturated carbocycles. The van der Waals surface area contributed by atoms with Crippen LogP contribution in [-0.4, -0.2) is 46.2 Å². The predicted octanol–water partition coefficient (Wildman–Crippen LogP) is 2.41. The molecule has 5 atom stereocenters. The fraction of sp³-hybridized carbons (Fsp3) is 0.636. The Bertz CT molecular complexity index is 823. The molecule has 29 heavy (non-hydrogen) atoms. The molecule has 7 heteroatoms. The van der Waals surface area contributed by atoms with Crippen molar-refractivity contribution >= 4 is 11.8 Å². The topological polar surface area (TPSA) is 91.3 Å². The Morgan fingerprint density at radius 2 is 1.86 bits per heavy atom. The highest BCUT2D eigenvalue weighted by atomic mass is 16.9. The van der Waals surface area contributed by atoms with Gasteiger partial charge in [0, 0.05) is 45.4 Å². The van der Waals surface area contributed by atoms with Crippen LogP contribution in [0.15, 0.2) is 30.3 Å². The number of carbonyl (C=O) groups is 2. The molecule has 1 aromatic carbocycles. The molecule has 2 aliphatic carbocycles. The van der Waals surface area contributed by atoms with E-state index in [0.29, 0.717) is 24.8 Å². The number of hydrogen-bond acceptors (Lipinski definition) is 7. The number of Topliss-reactive ketones (excluding diaryl/α,β-unsaturated/α-hetero) is 1. The number of esters is 1. The molecule has 3 heterocycles. The van der Waals surface area contributed by atoms with Crippen LogP contribution in [0.5, 0.6) is 0 Å². The maximum Gasteiger partial charge on any atom is 0.303 e. The van der Waals surface area contributed by atoms with Gasteiger partial charge in [-0.25, -0.2) is 0 Å². The molecule has 5 aliphatic rings. The van der Waals surface area contributed by atoms with Gasteiger partial charge in [0.1, 0.15) is 6.10 Å². The largest absolute Gasteiger partial charge is 0.448 e. The Morgan fingerprint density at radius 3 is 2.45 bits per heavy atom. The minimum Gasteiger partial charge on any atom is -0.448 e. The Hall–Kier alpha value is -1.80. The third-order valence-electron chi connectivity index (χ3n) is 6.91. The van der Waals surface area contributed by atoms with Crippen LogP contribution in [0.1, 0.15) is 57.6 Å².